The molecule has 1 fully saturated rings. The quantitative estimate of drug-likeness (QED) is 0.944. The Morgan fingerprint density at radius 3 is 2.52 bits per heavy atom. The van der Waals surface area contributed by atoms with Gasteiger partial charge >= 0.3 is 6.03 Å². The standard InChI is InChI=1S/C17H23N5O/c1-14-12-18-16(19-14)13-22(15-6-4-3-5-7-15)17(23)21-10-8-20(2)9-11-21/h3-7,12H,8-11,13H2,1-2H3,(H,18,19). The van der Waals surface area contributed by atoms with E-state index in [0.29, 0.717) is 6.54 Å². The van der Waals surface area contributed by atoms with Crippen molar-refractivity contribution in [3.05, 3.63) is 48.0 Å². The number of aryl methyl sites for hydroxylation is 1. The van der Waals surface area contributed by atoms with Gasteiger partial charge in [-0.1, -0.05) is 18.2 Å². The summed E-state index contributed by atoms with van der Waals surface area (Å²) in [5.41, 5.74) is 1.89. The molecule has 2 aromatic rings. The maximum absolute atomic E-state index is 13.0. The number of anilines is 1. The molecule has 1 aliphatic rings. The second-order valence-electron chi connectivity index (χ2n) is 6.01. The van der Waals surface area contributed by atoms with E-state index in [1.807, 2.05) is 42.2 Å². The van der Waals surface area contributed by atoms with Crippen molar-refractivity contribution in [3.8, 4) is 0 Å². The zero-order valence-corrected chi connectivity index (χ0v) is 13.7. The molecular formula is C17H23N5O. The summed E-state index contributed by atoms with van der Waals surface area (Å²) in [7, 11) is 2.09. The van der Waals surface area contributed by atoms with Gasteiger partial charge in [-0.2, -0.15) is 0 Å². The number of likely N-dealkylation sites (N-methyl/N-ethyl adjacent to an activating group) is 1. The van der Waals surface area contributed by atoms with E-state index in [9.17, 15) is 4.79 Å². The second-order valence-corrected chi connectivity index (χ2v) is 6.01. The molecule has 23 heavy (non-hydrogen) atoms. The van der Waals surface area contributed by atoms with Gasteiger partial charge in [0.05, 0.1) is 6.54 Å². The number of hydrogen-bond acceptors (Lipinski definition) is 3. The topological polar surface area (TPSA) is 55.5 Å². The van der Waals surface area contributed by atoms with Crippen LogP contribution in [0.5, 0.6) is 0 Å². The highest BCUT2D eigenvalue weighted by Crippen LogP contribution is 2.18. The predicted octanol–water partition coefficient (Wildman–Crippen LogP) is 2.09. The molecule has 0 saturated carbocycles. The summed E-state index contributed by atoms with van der Waals surface area (Å²) in [6, 6.07) is 9.82. The molecule has 1 aromatic carbocycles. The Morgan fingerprint density at radius 1 is 1.22 bits per heavy atom. The van der Waals surface area contributed by atoms with Gasteiger partial charge in [-0.3, -0.25) is 4.90 Å². The van der Waals surface area contributed by atoms with Crippen LogP contribution in [0.15, 0.2) is 36.5 Å². The molecule has 6 heteroatoms. The molecule has 1 aliphatic heterocycles. The first kappa shape index (κ1) is 15.6. The van der Waals surface area contributed by atoms with Gasteiger partial charge in [0, 0.05) is 43.8 Å². The first-order chi connectivity index (χ1) is 11.1. The minimum atomic E-state index is 0.0401. The first-order valence-electron chi connectivity index (χ1n) is 7.94. The van der Waals surface area contributed by atoms with Crippen molar-refractivity contribution in [2.75, 3.05) is 38.1 Å². The highest BCUT2D eigenvalue weighted by atomic mass is 16.2. The van der Waals surface area contributed by atoms with Crippen molar-refractivity contribution in [2.24, 2.45) is 0 Å². The normalized spacial score (nSPS) is 15.7. The number of carbonyl (C=O) groups excluding carboxylic acids is 1. The number of H-pyrrole nitrogens is 1. The van der Waals surface area contributed by atoms with Crippen molar-refractivity contribution in [1.29, 1.82) is 0 Å². The van der Waals surface area contributed by atoms with Crippen molar-refractivity contribution >= 4 is 11.7 Å². The van der Waals surface area contributed by atoms with Crippen LogP contribution < -0.4 is 4.90 Å². The van der Waals surface area contributed by atoms with E-state index in [2.05, 4.69) is 21.9 Å². The van der Waals surface area contributed by atoms with Gasteiger partial charge in [0.25, 0.3) is 0 Å². The van der Waals surface area contributed by atoms with Crippen molar-refractivity contribution in [2.45, 2.75) is 13.5 Å². The Bertz CT molecular complexity index is 646. The molecule has 2 amide bonds. The number of imidazole rings is 1. The lowest BCUT2D eigenvalue weighted by atomic mass is 10.2. The predicted molar refractivity (Wildman–Crippen MR) is 90.4 cm³/mol. The number of benzene rings is 1. The van der Waals surface area contributed by atoms with Crippen molar-refractivity contribution < 1.29 is 4.79 Å². The number of piperazine rings is 1. The van der Waals surface area contributed by atoms with Crippen molar-refractivity contribution in [3.63, 3.8) is 0 Å². The van der Waals surface area contributed by atoms with Gasteiger partial charge in [-0.15, -0.1) is 0 Å². The van der Waals surface area contributed by atoms with Crippen molar-refractivity contribution in [1.82, 2.24) is 19.8 Å². The molecule has 0 radical (unpaired) electrons. The average Bonchev–Trinajstić information content (AvgIpc) is 2.99. The molecule has 1 N–H and O–H groups in total. The Labute approximate surface area is 136 Å². The number of nitrogens with zero attached hydrogens (tertiary/aromatic N) is 4. The summed E-state index contributed by atoms with van der Waals surface area (Å²) < 4.78 is 0. The monoisotopic (exact) mass is 313 g/mol. The van der Waals surface area contributed by atoms with Crippen LogP contribution in [-0.2, 0) is 6.54 Å². The number of para-hydroxylation sites is 1. The molecule has 0 bridgehead atoms. The molecule has 6 nitrogen and oxygen atoms in total. The van der Waals surface area contributed by atoms with Gasteiger partial charge in [-0.25, -0.2) is 9.78 Å². The van der Waals surface area contributed by atoms with Crippen LogP contribution in [0.3, 0.4) is 0 Å². The number of amides is 2. The number of aromatic nitrogens is 2. The largest absolute Gasteiger partial charge is 0.345 e. The molecule has 1 aromatic heterocycles. The van der Waals surface area contributed by atoms with Crippen LogP contribution >= 0.6 is 0 Å². The van der Waals surface area contributed by atoms with E-state index in [0.717, 1.165) is 43.4 Å². The Balaban J connectivity index is 1.81. The first-order valence-corrected chi connectivity index (χ1v) is 7.94. The van der Waals surface area contributed by atoms with Crippen LogP contribution in [0.4, 0.5) is 10.5 Å². The number of aromatic amines is 1. The summed E-state index contributed by atoms with van der Waals surface area (Å²) in [5.74, 6) is 0.800. The van der Waals surface area contributed by atoms with E-state index in [1.54, 1.807) is 11.1 Å². The molecule has 0 atom stereocenters. The second kappa shape index (κ2) is 6.83. The third-order valence-corrected chi connectivity index (χ3v) is 4.14. The van der Waals surface area contributed by atoms with Crippen LogP contribution in [0, 0.1) is 6.92 Å². The molecule has 3 rings (SSSR count). The molecule has 2 heterocycles. The molecule has 0 spiro atoms. The van der Waals surface area contributed by atoms with Gasteiger partial charge in [0.1, 0.15) is 5.82 Å². The summed E-state index contributed by atoms with van der Waals surface area (Å²) in [4.78, 5) is 26.5. The maximum Gasteiger partial charge on any atom is 0.324 e. The van der Waals surface area contributed by atoms with E-state index in [-0.39, 0.29) is 6.03 Å². The third kappa shape index (κ3) is 3.71. The fourth-order valence-electron chi connectivity index (χ4n) is 2.74. The number of nitrogens with one attached hydrogen (secondary N) is 1. The zero-order chi connectivity index (χ0) is 16.2. The minimum Gasteiger partial charge on any atom is -0.345 e. The highest BCUT2D eigenvalue weighted by Gasteiger charge is 2.25. The summed E-state index contributed by atoms with van der Waals surface area (Å²) >= 11 is 0. The van der Waals surface area contributed by atoms with Crippen LogP contribution in [0.25, 0.3) is 0 Å². The third-order valence-electron chi connectivity index (χ3n) is 4.14. The van der Waals surface area contributed by atoms with E-state index < -0.39 is 0 Å². The number of urea groups is 1. The smallest absolute Gasteiger partial charge is 0.324 e. The molecule has 0 unspecified atom stereocenters. The van der Waals surface area contributed by atoms with E-state index in [4.69, 9.17) is 0 Å². The Kier molecular flexibility index (Phi) is 4.62. The fraction of sp³-hybridized carbons (Fsp3) is 0.412. The highest BCUT2D eigenvalue weighted by molar-refractivity contribution is 5.91. The van der Waals surface area contributed by atoms with E-state index in [1.165, 1.54) is 0 Å². The zero-order valence-electron chi connectivity index (χ0n) is 13.7. The van der Waals surface area contributed by atoms with Gasteiger partial charge in [0.2, 0.25) is 0 Å². The SMILES string of the molecule is Cc1cnc(CN(C(=O)N2CCN(C)CC2)c2ccccc2)[nH]1. The van der Waals surface area contributed by atoms with E-state index >= 15 is 0 Å². The number of hydrogen-bond donors (Lipinski definition) is 1. The van der Waals surface area contributed by atoms with Crippen LogP contribution in [0.1, 0.15) is 11.5 Å². The summed E-state index contributed by atoms with van der Waals surface area (Å²) in [6.07, 6.45) is 1.79. The number of carbonyl (C=O) groups is 1. The van der Waals surface area contributed by atoms with Crippen LogP contribution in [0.2, 0.25) is 0 Å². The van der Waals surface area contributed by atoms with Gasteiger partial charge in [0.15, 0.2) is 0 Å². The summed E-state index contributed by atoms with van der Waals surface area (Å²) in [6.45, 7) is 5.75. The van der Waals surface area contributed by atoms with Crippen LogP contribution in [-0.4, -0.2) is 59.0 Å². The van der Waals surface area contributed by atoms with Gasteiger partial charge < -0.3 is 14.8 Å². The molecule has 122 valence electrons. The summed E-state index contributed by atoms with van der Waals surface area (Å²) in [5, 5.41) is 0. The minimum absolute atomic E-state index is 0.0401. The molecular weight excluding hydrogens is 290 g/mol. The fourth-order valence-corrected chi connectivity index (χ4v) is 2.74. The molecule has 1 saturated heterocycles. The number of rotatable bonds is 3. The lowest BCUT2D eigenvalue weighted by molar-refractivity contribution is 0.159. The Hall–Kier alpha value is -2.34. The van der Waals surface area contributed by atoms with Gasteiger partial charge in [-0.05, 0) is 26.1 Å². The average molecular weight is 313 g/mol. The lowest BCUT2D eigenvalue weighted by Gasteiger charge is -2.36. The maximum atomic E-state index is 13.0. The Morgan fingerprint density at radius 2 is 1.91 bits per heavy atom. The lowest BCUT2D eigenvalue weighted by Crippen LogP contribution is -2.52. The molecule has 0 aliphatic carbocycles.